The second kappa shape index (κ2) is 9.11. The second-order valence-corrected chi connectivity index (χ2v) is 8.44. The van der Waals surface area contributed by atoms with E-state index >= 15 is 0 Å². The zero-order chi connectivity index (χ0) is 21.0. The van der Waals surface area contributed by atoms with Crippen LogP contribution in [0.5, 0.6) is 0 Å². The summed E-state index contributed by atoms with van der Waals surface area (Å²) < 4.78 is 5.44. The molecule has 1 aromatic carbocycles. The Morgan fingerprint density at radius 3 is 2.38 bits per heavy atom. The van der Waals surface area contributed by atoms with Gasteiger partial charge < -0.3 is 15.0 Å². The standard InChI is InChI=1S/C19H24Cl2N6O2/c1-19(2,3)29-18(28)27-9-7-26(8-10-27)12-13-5-4-6-14(11-13)22-17-24-15(20)23-16(21)25-17/h4-6,11H,7-10,12H2,1-3H3,(H,22,23,24,25). The van der Waals surface area contributed by atoms with Gasteiger partial charge in [-0.15, -0.1) is 0 Å². The molecule has 0 spiro atoms. The minimum absolute atomic E-state index is 0.0338. The van der Waals surface area contributed by atoms with Gasteiger partial charge in [0.25, 0.3) is 0 Å². The topological polar surface area (TPSA) is 83.5 Å². The van der Waals surface area contributed by atoms with Crippen LogP contribution in [0.15, 0.2) is 24.3 Å². The molecule has 29 heavy (non-hydrogen) atoms. The van der Waals surface area contributed by atoms with E-state index in [1.807, 2.05) is 39.0 Å². The highest BCUT2D eigenvalue weighted by Crippen LogP contribution is 2.19. The highest BCUT2D eigenvalue weighted by molar-refractivity contribution is 6.31. The molecule has 1 aromatic heterocycles. The van der Waals surface area contributed by atoms with E-state index in [9.17, 15) is 4.79 Å². The average Bonchev–Trinajstić information content (AvgIpc) is 2.60. The number of carbonyl (C=O) groups is 1. The van der Waals surface area contributed by atoms with Crippen LogP contribution in [0, 0.1) is 0 Å². The lowest BCUT2D eigenvalue weighted by molar-refractivity contribution is 0.0139. The number of hydrogen-bond acceptors (Lipinski definition) is 7. The van der Waals surface area contributed by atoms with Crippen molar-refractivity contribution in [1.82, 2.24) is 24.8 Å². The second-order valence-electron chi connectivity index (χ2n) is 7.77. The largest absolute Gasteiger partial charge is 0.444 e. The van der Waals surface area contributed by atoms with Crippen LogP contribution < -0.4 is 5.32 Å². The number of benzene rings is 1. The van der Waals surface area contributed by atoms with Crippen molar-refractivity contribution >= 4 is 40.9 Å². The lowest BCUT2D eigenvalue weighted by Gasteiger charge is -2.35. The van der Waals surface area contributed by atoms with Crippen LogP contribution in [0.2, 0.25) is 10.6 Å². The molecule has 0 unspecified atom stereocenters. The Hall–Kier alpha value is -2.16. The molecule has 1 aliphatic rings. The highest BCUT2D eigenvalue weighted by Gasteiger charge is 2.25. The number of hydrogen-bond donors (Lipinski definition) is 1. The third-order valence-corrected chi connectivity index (χ3v) is 4.53. The maximum atomic E-state index is 12.2. The lowest BCUT2D eigenvalue weighted by atomic mass is 10.1. The quantitative estimate of drug-likeness (QED) is 0.772. The van der Waals surface area contributed by atoms with E-state index in [1.54, 1.807) is 4.90 Å². The van der Waals surface area contributed by atoms with E-state index in [-0.39, 0.29) is 22.6 Å². The molecule has 156 valence electrons. The van der Waals surface area contributed by atoms with Crippen molar-refractivity contribution in [3.05, 3.63) is 40.4 Å². The molecule has 1 saturated heterocycles. The molecule has 0 bridgehead atoms. The summed E-state index contributed by atoms with van der Waals surface area (Å²) in [5.74, 6) is 0.290. The summed E-state index contributed by atoms with van der Waals surface area (Å²) in [5.41, 5.74) is 1.48. The first-order valence-corrected chi connectivity index (χ1v) is 10.1. The van der Waals surface area contributed by atoms with Crippen LogP contribution in [0.4, 0.5) is 16.4 Å². The van der Waals surface area contributed by atoms with Gasteiger partial charge in [-0.1, -0.05) is 12.1 Å². The molecular weight excluding hydrogens is 415 g/mol. The fraction of sp³-hybridized carbons (Fsp3) is 0.474. The molecule has 3 rings (SSSR count). The molecule has 1 amide bonds. The Morgan fingerprint density at radius 2 is 1.76 bits per heavy atom. The Labute approximate surface area is 180 Å². The summed E-state index contributed by atoms with van der Waals surface area (Å²) in [6.45, 7) is 9.27. The van der Waals surface area contributed by atoms with Gasteiger partial charge >= 0.3 is 6.09 Å². The molecule has 0 radical (unpaired) electrons. The molecule has 2 heterocycles. The van der Waals surface area contributed by atoms with E-state index in [0.29, 0.717) is 13.1 Å². The van der Waals surface area contributed by atoms with Crippen LogP contribution >= 0.6 is 23.2 Å². The number of rotatable bonds is 4. The Balaban J connectivity index is 1.55. The summed E-state index contributed by atoms with van der Waals surface area (Å²) in [4.78, 5) is 28.0. The van der Waals surface area contributed by atoms with Crippen LogP contribution in [0.1, 0.15) is 26.3 Å². The number of halogens is 2. The summed E-state index contributed by atoms with van der Waals surface area (Å²) >= 11 is 11.6. The van der Waals surface area contributed by atoms with E-state index in [1.165, 1.54) is 0 Å². The molecule has 1 N–H and O–H groups in total. The van der Waals surface area contributed by atoms with Crippen LogP contribution in [-0.2, 0) is 11.3 Å². The molecule has 0 aliphatic carbocycles. The van der Waals surface area contributed by atoms with Gasteiger partial charge in [0.05, 0.1) is 0 Å². The van der Waals surface area contributed by atoms with Gasteiger partial charge in [-0.05, 0) is 61.7 Å². The van der Waals surface area contributed by atoms with Crippen LogP contribution in [0.3, 0.4) is 0 Å². The Kier molecular flexibility index (Phi) is 6.77. The molecule has 0 atom stereocenters. The molecule has 1 aliphatic heterocycles. The van der Waals surface area contributed by atoms with Crippen molar-refractivity contribution in [3.63, 3.8) is 0 Å². The summed E-state index contributed by atoms with van der Waals surface area (Å²) in [6, 6.07) is 7.94. The third-order valence-electron chi connectivity index (χ3n) is 4.19. The van der Waals surface area contributed by atoms with Gasteiger partial charge in [0.2, 0.25) is 16.5 Å². The van der Waals surface area contributed by atoms with E-state index in [0.717, 1.165) is 30.9 Å². The smallest absolute Gasteiger partial charge is 0.410 e. The lowest BCUT2D eigenvalue weighted by Crippen LogP contribution is -2.49. The summed E-state index contributed by atoms with van der Waals surface area (Å²) in [6.07, 6.45) is -0.252. The number of amides is 1. The van der Waals surface area contributed by atoms with E-state index < -0.39 is 5.60 Å². The normalized spacial score (nSPS) is 15.3. The minimum atomic E-state index is -0.478. The number of nitrogens with one attached hydrogen (secondary N) is 1. The van der Waals surface area contributed by atoms with Crippen molar-refractivity contribution in [1.29, 1.82) is 0 Å². The fourth-order valence-corrected chi connectivity index (χ4v) is 3.30. The number of ether oxygens (including phenoxy) is 1. The molecule has 2 aromatic rings. The summed E-state index contributed by atoms with van der Waals surface area (Å²) in [7, 11) is 0. The Morgan fingerprint density at radius 1 is 1.10 bits per heavy atom. The molecule has 8 nitrogen and oxygen atoms in total. The van der Waals surface area contributed by atoms with Gasteiger partial charge in [-0.2, -0.15) is 15.0 Å². The van der Waals surface area contributed by atoms with Crippen molar-refractivity contribution in [3.8, 4) is 0 Å². The number of aromatic nitrogens is 3. The van der Waals surface area contributed by atoms with Crippen LogP contribution in [0.25, 0.3) is 0 Å². The number of nitrogens with zero attached hydrogens (tertiary/aromatic N) is 5. The van der Waals surface area contributed by atoms with Gasteiger partial charge in [0.1, 0.15) is 5.60 Å². The minimum Gasteiger partial charge on any atom is -0.444 e. The first-order chi connectivity index (χ1) is 13.7. The molecule has 10 heteroatoms. The van der Waals surface area contributed by atoms with Gasteiger partial charge in [-0.25, -0.2) is 4.79 Å². The summed E-state index contributed by atoms with van der Waals surface area (Å²) in [5, 5.41) is 3.16. The highest BCUT2D eigenvalue weighted by atomic mass is 35.5. The SMILES string of the molecule is CC(C)(C)OC(=O)N1CCN(Cc2cccc(Nc3nc(Cl)nc(Cl)n3)c2)CC1. The van der Waals surface area contributed by atoms with Crippen molar-refractivity contribution in [2.24, 2.45) is 0 Å². The molecular formula is C19H24Cl2N6O2. The van der Waals surface area contributed by atoms with E-state index in [4.69, 9.17) is 27.9 Å². The zero-order valence-electron chi connectivity index (χ0n) is 16.7. The van der Waals surface area contributed by atoms with Gasteiger partial charge in [0, 0.05) is 38.4 Å². The predicted molar refractivity (Wildman–Crippen MR) is 113 cm³/mol. The Bertz CT molecular complexity index is 846. The predicted octanol–water partition coefficient (Wildman–Crippen LogP) is 3.97. The molecule has 0 saturated carbocycles. The van der Waals surface area contributed by atoms with Crippen molar-refractivity contribution in [2.45, 2.75) is 32.9 Å². The first kappa shape index (κ1) is 21.5. The van der Waals surface area contributed by atoms with Gasteiger partial charge in [0.15, 0.2) is 0 Å². The maximum absolute atomic E-state index is 12.2. The van der Waals surface area contributed by atoms with Crippen molar-refractivity contribution in [2.75, 3.05) is 31.5 Å². The number of piperazine rings is 1. The van der Waals surface area contributed by atoms with E-state index in [2.05, 4.69) is 31.2 Å². The fourth-order valence-electron chi connectivity index (χ4n) is 2.93. The van der Waals surface area contributed by atoms with Crippen molar-refractivity contribution < 1.29 is 9.53 Å². The van der Waals surface area contributed by atoms with Gasteiger partial charge in [-0.3, -0.25) is 4.90 Å². The molecule has 1 fully saturated rings. The number of carbonyl (C=O) groups excluding carboxylic acids is 1. The zero-order valence-corrected chi connectivity index (χ0v) is 18.2. The first-order valence-electron chi connectivity index (χ1n) is 9.31. The maximum Gasteiger partial charge on any atom is 0.410 e. The monoisotopic (exact) mass is 438 g/mol. The third kappa shape index (κ3) is 6.69. The number of anilines is 2. The average molecular weight is 439 g/mol. The van der Waals surface area contributed by atoms with Crippen LogP contribution in [-0.4, -0.2) is 62.6 Å².